The number of carbonyl (C=O) groups excluding carboxylic acids is 1. The van der Waals surface area contributed by atoms with Gasteiger partial charge in [0.2, 0.25) is 5.91 Å². The molecule has 2 aliphatic rings. The zero-order valence-corrected chi connectivity index (χ0v) is 16.1. The third-order valence-electron chi connectivity index (χ3n) is 4.83. The number of ether oxygens (including phenoxy) is 1. The summed E-state index contributed by atoms with van der Waals surface area (Å²) in [6.07, 6.45) is 0. The predicted octanol–water partition coefficient (Wildman–Crippen LogP) is 3.13. The van der Waals surface area contributed by atoms with Crippen LogP contribution in [0.15, 0.2) is 42.5 Å². The van der Waals surface area contributed by atoms with Crippen LogP contribution in [0.4, 0.5) is 11.4 Å². The SMILES string of the molecule is C[C@]12NC(=S)N[C@H](c3cc([N+](=O)[O-])ccc3O1)[C@H]2C(=O)Nc1ccc(Cl)cc1. The minimum atomic E-state index is -1.12. The van der Waals surface area contributed by atoms with Crippen LogP contribution < -0.4 is 20.7 Å². The molecule has 2 aromatic carbocycles. The number of carbonyl (C=O) groups is 1. The van der Waals surface area contributed by atoms with E-state index in [2.05, 4.69) is 16.0 Å². The first-order valence-electron chi connectivity index (χ1n) is 8.39. The second-order valence-corrected chi connectivity index (χ2v) is 7.58. The number of fused-ring (bicyclic) bond motifs is 4. The van der Waals surface area contributed by atoms with E-state index in [0.717, 1.165) is 0 Å². The zero-order chi connectivity index (χ0) is 20.1. The van der Waals surface area contributed by atoms with Crippen molar-refractivity contribution in [1.29, 1.82) is 0 Å². The van der Waals surface area contributed by atoms with Crippen molar-refractivity contribution in [2.75, 3.05) is 5.32 Å². The Hall–Kier alpha value is -2.91. The zero-order valence-electron chi connectivity index (χ0n) is 14.6. The quantitative estimate of drug-likeness (QED) is 0.399. The molecule has 0 saturated carbocycles. The fourth-order valence-electron chi connectivity index (χ4n) is 3.60. The maximum absolute atomic E-state index is 13.1. The van der Waals surface area contributed by atoms with E-state index in [4.69, 9.17) is 28.6 Å². The maximum Gasteiger partial charge on any atom is 0.270 e. The van der Waals surface area contributed by atoms with Gasteiger partial charge in [0.05, 0.1) is 11.0 Å². The number of anilines is 1. The highest BCUT2D eigenvalue weighted by Crippen LogP contribution is 2.46. The molecule has 0 spiro atoms. The molecule has 2 aliphatic heterocycles. The number of amides is 1. The van der Waals surface area contributed by atoms with Gasteiger partial charge in [0.25, 0.3) is 5.69 Å². The first kappa shape index (κ1) is 18.5. The minimum Gasteiger partial charge on any atom is -0.467 e. The highest BCUT2D eigenvalue weighted by molar-refractivity contribution is 7.80. The van der Waals surface area contributed by atoms with Gasteiger partial charge in [-0.15, -0.1) is 0 Å². The predicted molar refractivity (Wildman–Crippen MR) is 107 cm³/mol. The van der Waals surface area contributed by atoms with Gasteiger partial charge in [0, 0.05) is 28.4 Å². The summed E-state index contributed by atoms with van der Waals surface area (Å²) in [4.78, 5) is 23.8. The molecule has 0 radical (unpaired) electrons. The maximum atomic E-state index is 13.1. The number of benzene rings is 2. The number of nitro groups is 1. The van der Waals surface area contributed by atoms with Crippen molar-refractivity contribution < 1.29 is 14.5 Å². The number of thiocarbonyl (C=S) groups is 1. The average molecular weight is 419 g/mol. The van der Waals surface area contributed by atoms with Crippen LogP contribution in [0.25, 0.3) is 0 Å². The summed E-state index contributed by atoms with van der Waals surface area (Å²) in [6, 6.07) is 10.4. The number of non-ortho nitro benzene ring substituents is 1. The van der Waals surface area contributed by atoms with Crippen LogP contribution in [0.2, 0.25) is 5.02 Å². The molecule has 3 N–H and O–H groups in total. The van der Waals surface area contributed by atoms with Crippen LogP contribution in [0.1, 0.15) is 18.5 Å². The molecule has 28 heavy (non-hydrogen) atoms. The highest BCUT2D eigenvalue weighted by atomic mass is 35.5. The highest BCUT2D eigenvalue weighted by Gasteiger charge is 2.55. The Morgan fingerprint density at radius 2 is 2.04 bits per heavy atom. The lowest BCUT2D eigenvalue weighted by molar-refractivity contribution is -0.385. The van der Waals surface area contributed by atoms with Gasteiger partial charge in [0.15, 0.2) is 10.8 Å². The van der Waals surface area contributed by atoms with E-state index in [0.29, 0.717) is 27.1 Å². The van der Waals surface area contributed by atoms with Gasteiger partial charge in [-0.3, -0.25) is 14.9 Å². The number of hydrogen-bond donors (Lipinski definition) is 3. The molecule has 4 rings (SSSR count). The molecule has 0 unspecified atom stereocenters. The van der Waals surface area contributed by atoms with E-state index in [1.54, 1.807) is 31.2 Å². The van der Waals surface area contributed by atoms with E-state index in [1.807, 2.05) is 0 Å². The molecule has 0 aliphatic carbocycles. The van der Waals surface area contributed by atoms with Gasteiger partial charge in [-0.1, -0.05) is 11.6 Å². The van der Waals surface area contributed by atoms with E-state index < -0.39 is 22.6 Å². The molecule has 2 aromatic rings. The number of nitrogens with zero attached hydrogens (tertiary/aromatic N) is 1. The fraction of sp³-hybridized carbons (Fsp3) is 0.222. The molecule has 144 valence electrons. The molecular weight excluding hydrogens is 404 g/mol. The molecule has 1 amide bonds. The van der Waals surface area contributed by atoms with Gasteiger partial charge in [0.1, 0.15) is 11.7 Å². The van der Waals surface area contributed by atoms with E-state index in [9.17, 15) is 14.9 Å². The van der Waals surface area contributed by atoms with Crippen molar-refractivity contribution in [2.45, 2.75) is 18.7 Å². The average Bonchev–Trinajstić information content (AvgIpc) is 2.62. The third kappa shape index (κ3) is 3.12. The lowest BCUT2D eigenvalue weighted by Crippen LogP contribution is -2.70. The molecule has 2 bridgehead atoms. The molecule has 8 nitrogen and oxygen atoms in total. The third-order valence-corrected chi connectivity index (χ3v) is 5.30. The van der Waals surface area contributed by atoms with Crippen LogP contribution in [0, 0.1) is 16.0 Å². The number of rotatable bonds is 3. The monoisotopic (exact) mass is 418 g/mol. The Morgan fingerprint density at radius 1 is 1.32 bits per heavy atom. The Labute approximate surface area is 170 Å². The largest absolute Gasteiger partial charge is 0.467 e. The lowest BCUT2D eigenvalue weighted by atomic mass is 9.79. The summed E-state index contributed by atoms with van der Waals surface area (Å²) in [5.41, 5.74) is -0.128. The van der Waals surface area contributed by atoms with Crippen LogP contribution in [0.3, 0.4) is 0 Å². The van der Waals surface area contributed by atoms with Crippen molar-refractivity contribution in [1.82, 2.24) is 10.6 Å². The molecule has 1 fully saturated rings. The van der Waals surface area contributed by atoms with E-state index >= 15 is 0 Å². The number of nitrogens with one attached hydrogen (secondary N) is 3. The van der Waals surface area contributed by atoms with Crippen LogP contribution in [0.5, 0.6) is 5.75 Å². The Kier molecular flexibility index (Phi) is 4.35. The van der Waals surface area contributed by atoms with Gasteiger partial charge in [-0.25, -0.2) is 0 Å². The van der Waals surface area contributed by atoms with Crippen LogP contribution >= 0.6 is 23.8 Å². The molecule has 1 saturated heterocycles. The minimum absolute atomic E-state index is 0.0888. The van der Waals surface area contributed by atoms with Gasteiger partial charge < -0.3 is 20.7 Å². The second kappa shape index (κ2) is 6.61. The smallest absolute Gasteiger partial charge is 0.270 e. The Balaban J connectivity index is 1.73. The van der Waals surface area contributed by atoms with Gasteiger partial charge >= 0.3 is 0 Å². The van der Waals surface area contributed by atoms with E-state index in [-0.39, 0.29) is 11.6 Å². The lowest BCUT2D eigenvalue weighted by Gasteiger charge is -2.50. The first-order valence-corrected chi connectivity index (χ1v) is 9.18. The Morgan fingerprint density at radius 3 is 2.71 bits per heavy atom. The van der Waals surface area contributed by atoms with Crippen molar-refractivity contribution >= 4 is 46.2 Å². The topological polar surface area (TPSA) is 106 Å². The molecule has 3 atom stereocenters. The van der Waals surface area contributed by atoms with Crippen LogP contribution in [-0.2, 0) is 4.79 Å². The van der Waals surface area contributed by atoms with Crippen LogP contribution in [-0.4, -0.2) is 21.7 Å². The summed E-state index contributed by atoms with van der Waals surface area (Å²) >= 11 is 11.1. The summed E-state index contributed by atoms with van der Waals surface area (Å²) in [7, 11) is 0. The number of halogens is 1. The van der Waals surface area contributed by atoms with Crippen molar-refractivity contribution in [2.24, 2.45) is 5.92 Å². The fourth-order valence-corrected chi connectivity index (χ4v) is 4.05. The Bertz CT molecular complexity index is 1000. The normalized spacial score (nSPS) is 24.9. The molecule has 10 heteroatoms. The summed E-state index contributed by atoms with van der Waals surface area (Å²) in [5.74, 6) is -0.616. The summed E-state index contributed by atoms with van der Waals surface area (Å²) < 4.78 is 6.04. The van der Waals surface area contributed by atoms with Gasteiger partial charge in [-0.2, -0.15) is 0 Å². The first-order chi connectivity index (χ1) is 13.3. The van der Waals surface area contributed by atoms with Gasteiger partial charge in [-0.05, 0) is 49.5 Å². The standard InChI is InChI=1S/C18H15ClN4O4S/c1-18-14(16(24)20-10-4-2-9(19)3-5-10)15(21-17(28)22-18)12-8-11(23(25)26)6-7-13(12)27-18/h2-8,14-15H,1H3,(H,20,24)(H2,21,22,28)/t14-,15+,18-/m0/s1. The number of nitro benzene ring substituents is 1. The summed E-state index contributed by atoms with van der Waals surface area (Å²) in [6.45, 7) is 1.73. The van der Waals surface area contributed by atoms with Crippen molar-refractivity contribution in [3.05, 3.63) is 63.2 Å². The molecule has 0 aromatic heterocycles. The van der Waals surface area contributed by atoms with E-state index in [1.165, 1.54) is 18.2 Å². The molecular formula is C18H15ClN4O4S. The summed E-state index contributed by atoms with van der Waals surface area (Å²) in [5, 5.41) is 21.0. The molecule has 2 heterocycles. The van der Waals surface area contributed by atoms with Crippen molar-refractivity contribution in [3.63, 3.8) is 0 Å². The number of hydrogen-bond acceptors (Lipinski definition) is 5. The van der Waals surface area contributed by atoms with Crippen molar-refractivity contribution in [3.8, 4) is 5.75 Å². The second-order valence-electron chi connectivity index (χ2n) is 6.74.